The number of rotatable bonds is 3. The van der Waals surface area contributed by atoms with Crippen LogP contribution in [0.3, 0.4) is 0 Å². The first-order valence-electron chi connectivity index (χ1n) is 6.96. The molecule has 2 aromatic heterocycles. The molecule has 0 aliphatic carbocycles. The average molecular weight is 288 g/mol. The third-order valence-electron chi connectivity index (χ3n) is 3.47. The van der Waals surface area contributed by atoms with Crippen LogP contribution in [0.4, 0.5) is 0 Å². The first kappa shape index (κ1) is 13.7. The van der Waals surface area contributed by atoms with Crippen LogP contribution < -0.4 is 5.32 Å². The van der Waals surface area contributed by atoms with Crippen molar-refractivity contribution in [3.63, 3.8) is 0 Å². The van der Waals surface area contributed by atoms with Gasteiger partial charge < -0.3 is 5.32 Å². The van der Waals surface area contributed by atoms with Crippen LogP contribution in [-0.4, -0.2) is 40.0 Å². The Morgan fingerprint density at radius 2 is 2.25 bits per heavy atom. The zero-order valence-electron chi connectivity index (χ0n) is 12.0. The van der Waals surface area contributed by atoms with E-state index in [-0.39, 0.29) is 5.54 Å². The quantitative estimate of drug-likeness (QED) is 0.941. The molecule has 3 rings (SSSR count). The highest BCUT2D eigenvalue weighted by atomic mass is 32.1. The molecule has 0 atom stereocenters. The summed E-state index contributed by atoms with van der Waals surface area (Å²) in [4.78, 5) is 12.7. The van der Waals surface area contributed by atoms with Crippen LogP contribution in [0.15, 0.2) is 30.6 Å². The van der Waals surface area contributed by atoms with Crippen LogP contribution >= 0.6 is 11.3 Å². The smallest absolute Gasteiger partial charge is 0.142 e. The van der Waals surface area contributed by atoms with E-state index in [1.165, 1.54) is 4.88 Å². The highest BCUT2D eigenvalue weighted by molar-refractivity contribution is 7.14. The van der Waals surface area contributed by atoms with Crippen molar-refractivity contribution in [2.45, 2.75) is 25.9 Å². The average Bonchev–Trinajstić information content (AvgIpc) is 2.87. The van der Waals surface area contributed by atoms with E-state index >= 15 is 0 Å². The summed E-state index contributed by atoms with van der Waals surface area (Å²) >= 11 is 1.74. The summed E-state index contributed by atoms with van der Waals surface area (Å²) < 4.78 is 0. The second-order valence-corrected chi connectivity index (χ2v) is 6.98. The lowest BCUT2D eigenvalue weighted by Gasteiger charge is -2.38. The highest BCUT2D eigenvalue weighted by Gasteiger charge is 2.25. The maximum absolute atomic E-state index is 4.50. The molecule has 20 heavy (non-hydrogen) atoms. The Labute approximate surface area is 123 Å². The van der Waals surface area contributed by atoms with Gasteiger partial charge in [-0.15, -0.1) is 11.3 Å². The monoisotopic (exact) mass is 288 g/mol. The van der Waals surface area contributed by atoms with E-state index < -0.39 is 0 Å². The van der Waals surface area contributed by atoms with Crippen molar-refractivity contribution in [1.29, 1.82) is 0 Å². The van der Waals surface area contributed by atoms with Crippen molar-refractivity contribution in [1.82, 2.24) is 20.2 Å². The molecule has 0 radical (unpaired) electrons. The van der Waals surface area contributed by atoms with Crippen molar-refractivity contribution in [2.75, 3.05) is 19.6 Å². The lowest BCUT2D eigenvalue weighted by Crippen LogP contribution is -2.56. The summed E-state index contributed by atoms with van der Waals surface area (Å²) in [6.45, 7) is 8.72. The fourth-order valence-corrected chi connectivity index (χ4v) is 3.52. The van der Waals surface area contributed by atoms with Crippen LogP contribution in [0.5, 0.6) is 0 Å². The fourth-order valence-electron chi connectivity index (χ4n) is 2.59. The minimum absolute atomic E-state index is 0.201. The van der Waals surface area contributed by atoms with E-state index in [9.17, 15) is 0 Å². The molecule has 1 aliphatic heterocycles. The van der Waals surface area contributed by atoms with Crippen LogP contribution in [0, 0.1) is 0 Å². The number of aromatic nitrogens is 2. The van der Waals surface area contributed by atoms with Crippen LogP contribution in [0.1, 0.15) is 18.7 Å². The molecule has 0 amide bonds. The van der Waals surface area contributed by atoms with E-state index in [0.717, 1.165) is 36.9 Å². The highest BCUT2D eigenvalue weighted by Crippen LogP contribution is 2.24. The molecule has 0 aromatic carbocycles. The Hall–Kier alpha value is -1.30. The fraction of sp³-hybridized carbons (Fsp3) is 0.467. The molecule has 1 aliphatic rings. The maximum Gasteiger partial charge on any atom is 0.142 e. The number of thiazole rings is 1. The summed E-state index contributed by atoms with van der Waals surface area (Å²) in [6.07, 6.45) is 3.80. The molecule has 1 N–H and O–H groups in total. The number of hydrogen-bond acceptors (Lipinski definition) is 5. The van der Waals surface area contributed by atoms with Crippen LogP contribution in [0.25, 0.3) is 10.7 Å². The third-order valence-corrected chi connectivity index (χ3v) is 4.47. The molecule has 0 unspecified atom stereocenters. The van der Waals surface area contributed by atoms with E-state index in [4.69, 9.17) is 0 Å². The predicted molar refractivity (Wildman–Crippen MR) is 82.7 cm³/mol. The van der Waals surface area contributed by atoms with Gasteiger partial charge in [-0.05, 0) is 26.0 Å². The van der Waals surface area contributed by atoms with Gasteiger partial charge in [0, 0.05) is 49.0 Å². The molecule has 0 saturated carbocycles. The van der Waals surface area contributed by atoms with Gasteiger partial charge in [0.25, 0.3) is 0 Å². The number of nitrogens with one attached hydrogen (secondary N) is 1. The van der Waals surface area contributed by atoms with Gasteiger partial charge in [-0.2, -0.15) is 0 Å². The zero-order valence-corrected chi connectivity index (χ0v) is 12.8. The molecule has 4 nitrogen and oxygen atoms in total. The number of pyridine rings is 1. The first-order valence-corrected chi connectivity index (χ1v) is 7.78. The molecule has 3 heterocycles. The molecule has 5 heteroatoms. The molecular weight excluding hydrogens is 268 g/mol. The van der Waals surface area contributed by atoms with Gasteiger partial charge in [-0.25, -0.2) is 4.98 Å². The molecule has 1 saturated heterocycles. The lowest BCUT2D eigenvalue weighted by atomic mass is 10.0. The largest absolute Gasteiger partial charge is 0.309 e. The summed E-state index contributed by atoms with van der Waals surface area (Å²) in [5.74, 6) is 0. The van der Waals surface area contributed by atoms with Crippen LogP contribution in [-0.2, 0) is 6.54 Å². The molecule has 0 bridgehead atoms. The Morgan fingerprint density at radius 1 is 1.35 bits per heavy atom. The van der Waals surface area contributed by atoms with Gasteiger partial charge in [-0.1, -0.05) is 6.07 Å². The van der Waals surface area contributed by atoms with Crippen molar-refractivity contribution in [3.05, 3.63) is 35.5 Å². The molecule has 106 valence electrons. The number of piperazine rings is 1. The molecular formula is C15H20N4S. The Bertz CT molecular complexity index is 564. The van der Waals surface area contributed by atoms with E-state index in [1.54, 1.807) is 11.3 Å². The summed E-state index contributed by atoms with van der Waals surface area (Å²) in [5, 5.41) is 4.55. The predicted octanol–water partition coefficient (Wildman–Crippen LogP) is 2.39. The first-order chi connectivity index (χ1) is 9.62. The topological polar surface area (TPSA) is 41.1 Å². The Balaban J connectivity index is 1.69. The van der Waals surface area contributed by atoms with Gasteiger partial charge >= 0.3 is 0 Å². The second kappa shape index (κ2) is 5.60. The van der Waals surface area contributed by atoms with E-state index in [2.05, 4.69) is 34.0 Å². The summed E-state index contributed by atoms with van der Waals surface area (Å²) in [7, 11) is 0. The van der Waals surface area contributed by atoms with Crippen LogP contribution in [0.2, 0.25) is 0 Å². The van der Waals surface area contributed by atoms with Gasteiger partial charge in [-0.3, -0.25) is 9.88 Å². The van der Waals surface area contributed by atoms with E-state index in [1.807, 2.05) is 30.6 Å². The third kappa shape index (κ3) is 3.23. The van der Waals surface area contributed by atoms with Crippen molar-refractivity contribution < 1.29 is 0 Å². The number of nitrogens with zero attached hydrogens (tertiary/aromatic N) is 3. The van der Waals surface area contributed by atoms with Gasteiger partial charge in [0.2, 0.25) is 0 Å². The van der Waals surface area contributed by atoms with Crippen molar-refractivity contribution in [2.24, 2.45) is 0 Å². The van der Waals surface area contributed by atoms with Gasteiger partial charge in [0.15, 0.2) is 0 Å². The number of hydrogen-bond donors (Lipinski definition) is 1. The standard InChI is InChI=1S/C15H20N4S/c1-15(2)11-19(8-7-18-15)10-12-9-17-14(20-12)13-5-3-4-6-16-13/h3-6,9,18H,7-8,10-11H2,1-2H3. The second-order valence-electron chi connectivity index (χ2n) is 5.87. The molecule has 0 spiro atoms. The summed E-state index contributed by atoms with van der Waals surface area (Å²) in [6, 6.07) is 5.94. The lowest BCUT2D eigenvalue weighted by molar-refractivity contribution is 0.149. The summed E-state index contributed by atoms with van der Waals surface area (Å²) in [5.41, 5.74) is 1.16. The Morgan fingerprint density at radius 3 is 3.00 bits per heavy atom. The van der Waals surface area contributed by atoms with Gasteiger partial charge in [0.1, 0.15) is 5.01 Å². The van der Waals surface area contributed by atoms with Crippen molar-refractivity contribution in [3.8, 4) is 10.7 Å². The molecule has 2 aromatic rings. The van der Waals surface area contributed by atoms with Crippen molar-refractivity contribution >= 4 is 11.3 Å². The van der Waals surface area contributed by atoms with E-state index in [0.29, 0.717) is 0 Å². The minimum atomic E-state index is 0.201. The Kier molecular flexibility index (Phi) is 3.83. The SMILES string of the molecule is CC1(C)CN(Cc2cnc(-c3ccccn3)s2)CCN1. The normalized spacial score (nSPS) is 19.1. The van der Waals surface area contributed by atoms with Gasteiger partial charge in [0.05, 0.1) is 5.69 Å². The minimum Gasteiger partial charge on any atom is -0.309 e. The zero-order chi connectivity index (χ0) is 14.0. The maximum atomic E-state index is 4.50. The molecule has 1 fully saturated rings.